The molecule has 4 heteroatoms. The Hall–Kier alpha value is -1.65. The summed E-state index contributed by atoms with van der Waals surface area (Å²) in [6.07, 6.45) is 3.68. The van der Waals surface area contributed by atoms with Gasteiger partial charge in [-0.15, -0.1) is 11.3 Å². The third kappa shape index (κ3) is 3.13. The van der Waals surface area contributed by atoms with Gasteiger partial charge in [0.15, 0.2) is 6.54 Å². The SMILES string of the molecule is Cc1ccccc1[C@@H]1c2ccsc2CCN1C(=O)C[NH2+]CC1CC1. The fraction of sp³-hybridized carbons (Fsp3) is 0.450. The number of benzene rings is 1. The summed E-state index contributed by atoms with van der Waals surface area (Å²) in [6, 6.07) is 10.8. The summed E-state index contributed by atoms with van der Waals surface area (Å²) in [7, 11) is 0. The van der Waals surface area contributed by atoms with Crippen LogP contribution in [-0.2, 0) is 11.2 Å². The van der Waals surface area contributed by atoms with Crippen LogP contribution in [0.15, 0.2) is 35.7 Å². The molecule has 4 rings (SSSR count). The van der Waals surface area contributed by atoms with Crippen molar-refractivity contribution in [3.8, 4) is 0 Å². The molecule has 1 fully saturated rings. The van der Waals surface area contributed by atoms with Crippen LogP contribution in [-0.4, -0.2) is 30.4 Å². The van der Waals surface area contributed by atoms with Crippen LogP contribution in [0.1, 0.15) is 40.5 Å². The second kappa shape index (κ2) is 6.69. The van der Waals surface area contributed by atoms with Crippen molar-refractivity contribution in [1.29, 1.82) is 0 Å². The maximum Gasteiger partial charge on any atom is 0.278 e. The summed E-state index contributed by atoms with van der Waals surface area (Å²) in [5.74, 6) is 1.13. The molecular weight excluding hydrogens is 316 g/mol. The molecule has 1 aliphatic heterocycles. The summed E-state index contributed by atoms with van der Waals surface area (Å²) in [4.78, 5) is 16.5. The van der Waals surface area contributed by atoms with Crippen LogP contribution >= 0.6 is 11.3 Å². The molecule has 1 aliphatic carbocycles. The van der Waals surface area contributed by atoms with Crippen LogP contribution in [0.4, 0.5) is 0 Å². The Labute approximate surface area is 147 Å². The lowest BCUT2D eigenvalue weighted by molar-refractivity contribution is -0.647. The van der Waals surface area contributed by atoms with Crippen LogP contribution in [0, 0.1) is 12.8 Å². The molecule has 126 valence electrons. The topological polar surface area (TPSA) is 36.9 Å². The highest BCUT2D eigenvalue weighted by Gasteiger charge is 2.34. The Morgan fingerprint density at radius 2 is 2.08 bits per heavy atom. The molecule has 1 aromatic heterocycles. The first kappa shape index (κ1) is 15.9. The van der Waals surface area contributed by atoms with Crippen molar-refractivity contribution in [1.82, 2.24) is 4.90 Å². The van der Waals surface area contributed by atoms with Crippen molar-refractivity contribution in [3.63, 3.8) is 0 Å². The number of thiophene rings is 1. The van der Waals surface area contributed by atoms with E-state index in [1.807, 2.05) is 11.3 Å². The third-order valence-electron chi connectivity index (χ3n) is 5.29. The van der Waals surface area contributed by atoms with Gasteiger partial charge in [-0.3, -0.25) is 4.79 Å². The van der Waals surface area contributed by atoms with Gasteiger partial charge >= 0.3 is 0 Å². The van der Waals surface area contributed by atoms with Gasteiger partial charge in [0.1, 0.15) is 0 Å². The van der Waals surface area contributed by atoms with E-state index in [0.717, 1.165) is 25.4 Å². The first-order valence-electron chi connectivity index (χ1n) is 8.97. The molecule has 3 nitrogen and oxygen atoms in total. The smallest absolute Gasteiger partial charge is 0.278 e. The molecule has 2 aromatic rings. The quantitative estimate of drug-likeness (QED) is 0.891. The first-order chi connectivity index (χ1) is 11.7. The van der Waals surface area contributed by atoms with E-state index in [1.54, 1.807) is 0 Å². The summed E-state index contributed by atoms with van der Waals surface area (Å²) in [5.41, 5.74) is 3.87. The Morgan fingerprint density at radius 3 is 2.88 bits per heavy atom. The molecule has 2 heterocycles. The van der Waals surface area contributed by atoms with Gasteiger partial charge < -0.3 is 10.2 Å². The van der Waals surface area contributed by atoms with Crippen molar-refractivity contribution in [2.24, 2.45) is 5.92 Å². The minimum atomic E-state index is 0.0861. The maximum absolute atomic E-state index is 12.9. The van der Waals surface area contributed by atoms with E-state index in [2.05, 4.69) is 52.9 Å². The number of aryl methyl sites for hydroxylation is 1. The standard InChI is InChI=1S/C20H24N2OS/c1-14-4-2-3-5-16(14)20-17-9-11-24-18(17)8-10-22(20)19(23)13-21-12-15-6-7-15/h2-5,9,11,15,20-21H,6-8,10,12-13H2,1H3/p+1/t20-/m1/s1. The van der Waals surface area contributed by atoms with E-state index < -0.39 is 0 Å². The number of carbonyl (C=O) groups excluding carboxylic acids is 1. The lowest BCUT2D eigenvalue weighted by atomic mass is 9.90. The summed E-state index contributed by atoms with van der Waals surface area (Å²) < 4.78 is 0. The number of fused-ring (bicyclic) bond motifs is 1. The van der Waals surface area contributed by atoms with E-state index in [9.17, 15) is 4.79 Å². The van der Waals surface area contributed by atoms with Crippen LogP contribution < -0.4 is 5.32 Å². The highest BCUT2D eigenvalue weighted by molar-refractivity contribution is 7.10. The normalized spacial score (nSPS) is 20.0. The zero-order valence-electron chi connectivity index (χ0n) is 14.2. The van der Waals surface area contributed by atoms with Crippen molar-refractivity contribution >= 4 is 17.2 Å². The molecule has 1 amide bonds. The Balaban J connectivity index is 1.60. The van der Waals surface area contributed by atoms with Gasteiger partial charge in [-0.05, 0) is 54.3 Å². The van der Waals surface area contributed by atoms with Crippen molar-refractivity contribution in [2.75, 3.05) is 19.6 Å². The van der Waals surface area contributed by atoms with E-state index in [4.69, 9.17) is 0 Å². The number of carbonyl (C=O) groups is 1. The van der Waals surface area contributed by atoms with E-state index in [-0.39, 0.29) is 11.9 Å². The average Bonchev–Trinajstić information content (AvgIpc) is 3.28. The van der Waals surface area contributed by atoms with E-state index in [1.165, 1.54) is 34.4 Å². The Bertz CT molecular complexity index is 735. The molecule has 1 saturated carbocycles. The molecule has 0 bridgehead atoms. The van der Waals surface area contributed by atoms with Crippen LogP contribution in [0.5, 0.6) is 0 Å². The fourth-order valence-corrected chi connectivity index (χ4v) is 4.63. The van der Waals surface area contributed by atoms with E-state index in [0.29, 0.717) is 6.54 Å². The second-order valence-electron chi connectivity index (χ2n) is 7.07. The van der Waals surface area contributed by atoms with Crippen molar-refractivity contribution < 1.29 is 10.1 Å². The predicted molar refractivity (Wildman–Crippen MR) is 97.1 cm³/mol. The maximum atomic E-state index is 12.9. The minimum Gasteiger partial charge on any atom is -0.338 e. The van der Waals surface area contributed by atoms with Crippen molar-refractivity contribution in [3.05, 3.63) is 57.3 Å². The highest BCUT2D eigenvalue weighted by atomic mass is 32.1. The number of hydrogen-bond acceptors (Lipinski definition) is 2. The summed E-state index contributed by atoms with van der Waals surface area (Å²) >= 11 is 1.83. The monoisotopic (exact) mass is 341 g/mol. The summed E-state index contributed by atoms with van der Waals surface area (Å²) in [6.45, 7) is 4.68. The van der Waals surface area contributed by atoms with Crippen LogP contribution in [0.2, 0.25) is 0 Å². The average molecular weight is 342 g/mol. The zero-order chi connectivity index (χ0) is 16.5. The van der Waals surface area contributed by atoms with Gasteiger partial charge in [0.25, 0.3) is 5.91 Å². The van der Waals surface area contributed by atoms with Gasteiger partial charge in [-0.1, -0.05) is 24.3 Å². The molecule has 0 spiro atoms. The van der Waals surface area contributed by atoms with Crippen LogP contribution in [0.3, 0.4) is 0 Å². The van der Waals surface area contributed by atoms with Crippen LogP contribution in [0.25, 0.3) is 0 Å². The van der Waals surface area contributed by atoms with Gasteiger partial charge in [0.2, 0.25) is 0 Å². The Kier molecular flexibility index (Phi) is 4.42. The molecule has 1 aromatic carbocycles. The minimum absolute atomic E-state index is 0.0861. The number of nitrogens with two attached hydrogens (primary N) is 1. The molecule has 2 aliphatic rings. The third-order valence-corrected chi connectivity index (χ3v) is 6.28. The van der Waals surface area contributed by atoms with Gasteiger partial charge in [0.05, 0.1) is 12.6 Å². The molecule has 2 N–H and O–H groups in total. The Morgan fingerprint density at radius 1 is 1.25 bits per heavy atom. The second-order valence-corrected chi connectivity index (χ2v) is 8.07. The van der Waals surface area contributed by atoms with Gasteiger partial charge in [0, 0.05) is 17.3 Å². The fourth-order valence-electron chi connectivity index (χ4n) is 3.73. The molecule has 0 unspecified atom stereocenters. The lowest BCUT2D eigenvalue weighted by Crippen LogP contribution is -2.87. The zero-order valence-corrected chi connectivity index (χ0v) is 15.0. The number of nitrogens with zero attached hydrogens (tertiary/aromatic N) is 1. The predicted octanol–water partition coefficient (Wildman–Crippen LogP) is 2.50. The summed E-state index contributed by atoms with van der Waals surface area (Å²) in [5, 5.41) is 4.38. The van der Waals surface area contributed by atoms with E-state index >= 15 is 0 Å². The largest absolute Gasteiger partial charge is 0.338 e. The molecule has 24 heavy (non-hydrogen) atoms. The van der Waals surface area contributed by atoms with Gasteiger partial charge in [-0.2, -0.15) is 0 Å². The number of rotatable bonds is 5. The van der Waals surface area contributed by atoms with Gasteiger partial charge in [-0.25, -0.2) is 0 Å². The highest BCUT2D eigenvalue weighted by Crippen LogP contribution is 2.38. The molecule has 0 radical (unpaired) electrons. The van der Waals surface area contributed by atoms with Crippen molar-refractivity contribution in [2.45, 2.75) is 32.2 Å². The molecular formula is C20H25N2OS+. The molecule has 1 atom stereocenters. The number of amides is 1. The first-order valence-corrected chi connectivity index (χ1v) is 9.85. The number of quaternary nitrogens is 1. The number of hydrogen-bond donors (Lipinski definition) is 1. The lowest BCUT2D eigenvalue weighted by Gasteiger charge is -2.36. The molecule has 0 saturated heterocycles.